The summed E-state index contributed by atoms with van der Waals surface area (Å²) in [5.41, 5.74) is 8.74. The molecule has 0 spiro atoms. The van der Waals surface area contributed by atoms with Crippen molar-refractivity contribution < 1.29 is 9.47 Å². The summed E-state index contributed by atoms with van der Waals surface area (Å²) in [5.74, 6) is 0.922. The van der Waals surface area contributed by atoms with E-state index in [1.54, 1.807) is 0 Å². The van der Waals surface area contributed by atoms with Crippen LogP contribution in [0.5, 0.6) is 5.75 Å². The Kier molecular flexibility index (Phi) is 5.75. The van der Waals surface area contributed by atoms with Crippen LogP contribution in [0.25, 0.3) is 11.3 Å². The van der Waals surface area contributed by atoms with Gasteiger partial charge in [0.25, 0.3) is 0 Å². The highest BCUT2D eigenvalue weighted by Gasteiger charge is 2.27. The van der Waals surface area contributed by atoms with E-state index in [-0.39, 0.29) is 0 Å². The van der Waals surface area contributed by atoms with Crippen LogP contribution in [0, 0.1) is 13.8 Å². The maximum Gasteiger partial charge on any atom is 0.132 e. The molecule has 1 saturated heterocycles. The van der Waals surface area contributed by atoms with Crippen molar-refractivity contribution in [1.82, 2.24) is 9.88 Å². The predicted molar refractivity (Wildman–Crippen MR) is 123 cm³/mol. The fourth-order valence-electron chi connectivity index (χ4n) is 4.91. The van der Waals surface area contributed by atoms with Crippen LogP contribution in [0.2, 0.25) is 0 Å². The molecule has 31 heavy (non-hydrogen) atoms. The Balaban J connectivity index is 1.36. The SMILES string of the molecule is Cc1cccc(-c2ccccn2)c1OCc1ccc2c(c1C)CCN(C1CCOC1)C2. The van der Waals surface area contributed by atoms with Crippen LogP contribution in [0.4, 0.5) is 0 Å². The summed E-state index contributed by atoms with van der Waals surface area (Å²) in [7, 11) is 0. The Hall–Kier alpha value is -2.69. The Labute approximate surface area is 184 Å². The summed E-state index contributed by atoms with van der Waals surface area (Å²) in [4.78, 5) is 7.12. The molecule has 1 fully saturated rings. The summed E-state index contributed by atoms with van der Waals surface area (Å²) >= 11 is 0. The summed E-state index contributed by atoms with van der Waals surface area (Å²) in [6.45, 7) is 8.87. The fourth-order valence-corrected chi connectivity index (χ4v) is 4.91. The third-order valence-electron chi connectivity index (χ3n) is 6.78. The molecule has 4 nitrogen and oxygen atoms in total. The van der Waals surface area contributed by atoms with Crippen LogP contribution < -0.4 is 4.74 Å². The summed E-state index contributed by atoms with van der Waals surface area (Å²) in [5, 5.41) is 0. The molecular formula is C27H30N2O2. The first-order chi connectivity index (χ1) is 15.2. The van der Waals surface area contributed by atoms with E-state index in [0.29, 0.717) is 12.6 Å². The second-order valence-electron chi connectivity index (χ2n) is 8.68. The fraction of sp³-hybridized carbons (Fsp3) is 0.370. The number of pyridine rings is 1. The van der Waals surface area contributed by atoms with Gasteiger partial charge in [-0.2, -0.15) is 0 Å². The van der Waals surface area contributed by atoms with Crippen LogP contribution >= 0.6 is 0 Å². The first-order valence-corrected chi connectivity index (χ1v) is 11.3. The lowest BCUT2D eigenvalue weighted by Crippen LogP contribution is -2.39. The number of aromatic nitrogens is 1. The van der Waals surface area contributed by atoms with Crippen molar-refractivity contribution in [2.45, 2.75) is 45.9 Å². The second kappa shape index (κ2) is 8.81. The molecule has 2 aromatic carbocycles. The number of rotatable bonds is 5. The van der Waals surface area contributed by atoms with Crippen molar-refractivity contribution in [3.05, 3.63) is 82.5 Å². The zero-order chi connectivity index (χ0) is 21.2. The van der Waals surface area contributed by atoms with Gasteiger partial charge in [-0.1, -0.05) is 30.3 Å². The van der Waals surface area contributed by atoms with Crippen molar-refractivity contribution in [2.75, 3.05) is 19.8 Å². The van der Waals surface area contributed by atoms with Gasteiger partial charge >= 0.3 is 0 Å². The number of hydrogen-bond donors (Lipinski definition) is 0. The Morgan fingerprint density at radius 2 is 2.03 bits per heavy atom. The number of nitrogens with zero attached hydrogens (tertiary/aromatic N) is 2. The molecule has 1 atom stereocenters. The van der Waals surface area contributed by atoms with Crippen LogP contribution in [0.1, 0.15) is 34.2 Å². The van der Waals surface area contributed by atoms with E-state index in [1.165, 1.54) is 22.3 Å². The number of para-hydroxylation sites is 1. The smallest absolute Gasteiger partial charge is 0.132 e. The monoisotopic (exact) mass is 414 g/mol. The molecule has 0 amide bonds. The topological polar surface area (TPSA) is 34.6 Å². The van der Waals surface area contributed by atoms with E-state index in [2.05, 4.69) is 54.1 Å². The summed E-state index contributed by atoms with van der Waals surface area (Å²) < 4.78 is 12.0. The van der Waals surface area contributed by atoms with E-state index in [9.17, 15) is 0 Å². The van der Waals surface area contributed by atoms with E-state index < -0.39 is 0 Å². The molecule has 0 N–H and O–H groups in total. The van der Waals surface area contributed by atoms with Crippen molar-refractivity contribution >= 4 is 0 Å². The average molecular weight is 415 g/mol. The normalized spacial score (nSPS) is 18.7. The highest BCUT2D eigenvalue weighted by atomic mass is 16.5. The van der Waals surface area contributed by atoms with E-state index >= 15 is 0 Å². The predicted octanol–water partition coefficient (Wildman–Crippen LogP) is 5.09. The van der Waals surface area contributed by atoms with Gasteiger partial charge in [-0.15, -0.1) is 0 Å². The molecular weight excluding hydrogens is 384 g/mol. The van der Waals surface area contributed by atoms with Gasteiger partial charge in [-0.05, 0) is 72.7 Å². The highest BCUT2D eigenvalue weighted by molar-refractivity contribution is 5.69. The maximum absolute atomic E-state index is 6.42. The van der Waals surface area contributed by atoms with Gasteiger partial charge in [-0.25, -0.2) is 0 Å². The zero-order valence-corrected chi connectivity index (χ0v) is 18.4. The lowest BCUT2D eigenvalue weighted by molar-refractivity contribution is 0.134. The van der Waals surface area contributed by atoms with E-state index in [1.807, 2.05) is 24.4 Å². The summed E-state index contributed by atoms with van der Waals surface area (Å²) in [6.07, 6.45) is 4.10. The minimum atomic E-state index is 0.573. The Morgan fingerprint density at radius 1 is 1.10 bits per heavy atom. The Bertz CT molecular complexity index is 1060. The number of benzene rings is 2. The van der Waals surface area contributed by atoms with E-state index in [4.69, 9.17) is 9.47 Å². The van der Waals surface area contributed by atoms with Gasteiger partial charge < -0.3 is 9.47 Å². The minimum Gasteiger partial charge on any atom is -0.488 e. The Morgan fingerprint density at radius 3 is 2.84 bits per heavy atom. The second-order valence-corrected chi connectivity index (χ2v) is 8.68. The molecule has 0 bridgehead atoms. The molecule has 1 aromatic heterocycles. The molecule has 2 aliphatic heterocycles. The molecule has 1 unspecified atom stereocenters. The number of hydrogen-bond acceptors (Lipinski definition) is 4. The van der Waals surface area contributed by atoms with Crippen LogP contribution in [0.15, 0.2) is 54.7 Å². The van der Waals surface area contributed by atoms with Gasteiger partial charge in [0, 0.05) is 37.5 Å². The molecule has 5 rings (SSSR count). The lowest BCUT2D eigenvalue weighted by Gasteiger charge is -2.34. The molecule has 0 saturated carbocycles. The largest absolute Gasteiger partial charge is 0.488 e. The van der Waals surface area contributed by atoms with Gasteiger partial charge in [0.2, 0.25) is 0 Å². The minimum absolute atomic E-state index is 0.573. The number of ether oxygens (including phenoxy) is 2. The quantitative estimate of drug-likeness (QED) is 0.582. The van der Waals surface area contributed by atoms with Crippen molar-refractivity contribution in [2.24, 2.45) is 0 Å². The van der Waals surface area contributed by atoms with Crippen molar-refractivity contribution in [3.8, 4) is 17.0 Å². The van der Waals surface area contributed by atoms with Crippen LogP contribution in [-0.2, 0) is 24.3 Å². The van der Waals surface area contributed by atoms with E-state index in [0.717, 1.165) is 61.7 Å². The first-order valence-electron chi connectivity index (χ1n) is 11.3. The average Bonchev–Trinajstić information content (AvgIpc) is 3.35. The lowest BCUT2D eigenvalue weighted by atomic mass is 9.91. The number of aryl methyl sites for hydroxylation is 1. The molecule has 0 aliphatic carbocycles. The van der Waals surface area contributed by atoms with Crippen LogP contribution in [-0.4, -0.2) is 35.7 Å². The third-order valence-corrected chi connectivity index (χ3v) is 6.78. The molecule has 2 aliphatic rings. The summed E-state index contributed by atoms with van der Waals surface area (Å²) in [6, 6.07) is 17.4. The molecule has 3 heterocycles. The number of fused-ring (bicyclic) bond motifs is 1. The maximum atomic E-state index is 6.42. The van der Waals surface area contributed by atoms with Gasteiger partial charge in [0.15, 0.2) is 0 Å². The molecule has 3 aromatic rings. The van der Waals surface area contributed by atoms with Crippen LogP contribution in [0.3, 0.4) is 0 Å². The highest BCUT2D eigenvalue weighted by Crippen LogP contribution is 2.33. The van der Waals surface area contributed by atoms with Gasteiger partial charge in [0.1, 0.15) is 12.4 Å². The third kappa shape index (κ3) is 4.10. The zero-order valence-electron chi connectivity index (χ0n) is 18.4. The van der Waals surface area contributed by atoms with Crippen molar-refractivity contribution in [3.63, 3.8) is 0 Å². The standard InChI is InChI=1S/C27H30N2O2/c1-19-6-5-7-25(26-8-3-4-13-28-26)27(19)31-17-22-10-9-21-16-29(23-12-15-30-18-23)14-11-24(21)20(22)2/h3-10,13,23H,11-12,14-18H2,1-2H3. The molecule has 160 valence electrons. The molecule has 0 radical (unpaired) electrons. The van der Waals surface area contributed by atoms with Crippen molar-refractivity contribution in [1.29, 1.82) is 0 Å². The van der Waals surface area contributed by atoms with Gasteiger partial charge in [0.05, 0.1) is 12.3 Å². The van der Waals surface area contributed by atoms with Gasteiger partial charge in [-0.3, -0.25) is 9.88 Å². The first kappa shape index (κ1) is 20.2. The molecule has 4 heteroatoms.